The number of pyridine rings is 1. The van der Waals surface area contributed by atoms with Gasteiger partial charge >= 0.3 is 0 Å². The largest absolute Gasteiger partial charge is 0.486 e. The lowest BCUT2D eigenvalue weighted by molar-refractivity contribution is 0.0547. The number of aromatic nitrogens is 1. The molecule has 0 saturated carbocycles. The van der Waals surface area contributed by atoms with Crippen molar-refractivity contribution in [1.82, 2.24) is 10.3 Å². The number of hydrogen-bond acceptors (Lipinski definition) is 3. The highest BCUT2D eigenvalue weighted by atomic mass is 79.9. The van der Waals surface area contributed by atoms with Gasteiger partial charge in [0.2, 0.25) is 0 Å². The van der Waals surface area contributed by atoms with Crippen LogP contribution in [-0.4, -0.2) is 23.7 Å². The van der Waals surface area contributed by atoms with Crippen molar-refractivity contribution in [2.45, 2.75) is 25.4 Å². The molecule has 0 bridgehead atoms. The molecule has 1 saturated heterocycles. The van der Waals surface area contributed by atoms with E-state index in [2.05, 4.69) is 33.2 Å². The van der Waals surface area contributed by atoms with E-state index in [1.54, 1.807) is 12.4 Å². The van der Waals surface area contributed by atoms with Gasteiger partial charge in [-0.25, -0.2) is 0 Å². The number of hydrogen-bond donors (Lipinski definition) is 1. The molecule has 1 fully saturated rings. The maximum absolute atomic E-state index is 6.05. The fourth-order valence-electron chi connectivity index (χ4n) is 1.77. The van der Waals surface area contributed by atoms with E-state index >= 15 is 0 Å². The van der Waals surface area contributed by atoms with Crippen molar-refractivity contribution < 1.29 is 4.74 Å². The molecule has 15 heavy (non-hydrogen) atoms. The van der Waals surface area contributed by atoms with E-state index in [0.717, 1.165) is 36.2 Å². The first-order valence-corrected chi connectivity index (χ1v) is 5.98. The van der Waals surface area contributed by atoms with Gasteiger partial charge in [0.05, 0.1) is 4.47 Å². The van der Waals surface area contributed by atoms with Crippen LogP contribution >= 0.6 is 15.9 Å². The third-order valence-corrected chi connectivity index (χ3v) is 3.35. The Morgan fingerprint density at radius 1 is 1.47 bits per heavy atom. The van der Waals surface area contributed by atoms with E-state index in [4.69, 9.17) is 4.74 Å². The molecule has 1 aromatic heterocycles. The first-order valence-electron chi connectivity index (χ1n) is 5.19. The zero-order valence-corrected chi connectivity index (χ0v) is 10.4. The maximum Gasteiger partial charge on any atom is 0.137 e. The van der Waals surface area contributed by atoms with Gasteiger partial charge in [0.15, 0.2) is 0 Å². The molecule has 0 aliphatic carbocycles. The van der Waals surface area contributed by atoms with Crippen molar-refractivity contribution in [2.75, 3.05) is 13.1 Å². The van der Waals surface area contributed by atoms with Crippen LogP contribution < -0.4 is 10.1 Å². The van der Waals surface area contributed by atoms with Crippen LogP contribution in [0.25, 0.3) is 0 Å². The number of piperidine rings is 1. The third kappa shape index (κ3) is 2.69. The molecule has 0 unspecified atom stereocenters. The number of halogens is 1. The van der Waals surface area contributed by atoms with Crippen molar-refractivity contribution in [1.29, 1.82) is 0 Å². The summed E-state index contributed by atoms with van der Waals surface area (Å²) in [5.74, 6) is 0.884. The normalized spacial score (nSPS) is 19.9. The van der Waals surface area contributed by atoms with Crippen molar-refractivity contribution in [3.8, 4) is 5.75 Å². The quantitative estimate of drug-likeness (QED) is 0.896. The van der Waals surface area contributed by atoms with Gasteiger partial charge in [-0.3, -0.25) is 4.98 Å². The molecule has 1 N–H and O–H groups in total. The zero-order chi connectivity index (χ0) is 10.7. The molecule has 4 heteroatoms. The summed E-state index contributed by atoms with van der Waals surface area (Å²) in [4.78, 5) is 4.02. The van der Waals surface area contributed by atoms with Gasteiger partial charge < -0.3 is 10.1 Å². The van der Waals surface area contributed by atoms with Crippen molar-refractivity contribution in [2.24, 2.45) is 0 Å². The summed E-state index contributed by atoms with van der Waals surface area (Å²) in [6.07, 6.45) is 5.60. The second-order valence-corrected chi connectivity index (χ2v) is 4.96. The molecular weight excluding hydrogens is 256 g/mol. The van der Waals surface area contributed by atoms with Gasteiger partial charge in [-0.1, -0.05) is 0 Å². The summed E-state index contributed by atoms with van der Waals surface area (Å²) in [5.41, 5.74) is -0.0465. The van der Waals surface area contributed by atoms with Crippen LogP contribution in [0.2, 0.25) is 0 Å². The van der Waals surface area contributed by atoms with E-state index in [9.17, 15) is 0 Å². The number of rotatable bonds is 2. The van der Waals surface area contributed by atoms with Crippen molar-refractivity contribution in [3.63, 3.8) is 0 Å². The second kappa shape index (κ2) is 4.49. The molecule has 3 nitrogen and oxygen atoms in total. The molecule has 2 heterocycles. The molecule has 0 atom stereocenters. The first-order chi connectivity index (χ1) is 7.20. The van der Waals surface area contributed by atoms with Gasteiger partial charge in [-0.15, -0.1) is 0 Å². The molecule has 1 aliphatic rings. The van der Waals surface area contributed by atoms with Gasteiger partial charge in [0, 0.05) is 12.4 Å². The minimum Gasteiger partial charge on any atom is -0.486 e. The summed E-state index contributed by atoms with van der Waals surface area (Å²) in [7, 11) is 0. The van der Waals surface area contributed by atoms with Crippen molar-refractivity contribution in [3.05, 3.63) is 22.9 Å². The van der Waals surface area contributed by atoms with Gasteiger partial charge in [0.1, 0.15) is 11.4 Å². The fourth-order valence-corrected chi connectivity index (χ4v) is 2.10. The molecule has 2 rings (SSSR count). The predicted molar refractivity (Wildman–Crippen MR) is 63.1 cm³/mol. The molecule has 0 spiro atoms. The highest BCUT2D eigenvalue weighted by Gasteiger charge is 2.29. The van der Waals surface area contributed by atoms with Crippen molar-refractivity contribution >= 4 is 15.9 Å². The van der Waals surface area contributed by atoms with E-state index in [1.165, 1.54) is 0 Å². The van der Waals surface area contributed by atoms with E-state index in [-0.39, 0.29) is 5.60 Å². The standard InChI is InChI=1S/C11H15BrN2O/c1-11(3-6-13-7-4-11)15-10-2-5-14-8-9(10)12/h2,5,8,13H,3-4,6-7H2,1H3. The SMILES string of the molecule is CC1(Oc2ccncc2Br)CCNCC1. The summed E-state index contributed by atoms with van der Waals surface area (Å²) in [6.45, 7) is 4.22. The Bertz CT molecular complexity index is 337. The van der Waals surface area contributed by atoms with E-state index in [1.807, 2.05) is 6.07 Å². The average molecular weight is 271 g/mol. The Labute approximate surface area is 98.4 Å². The van der Waals surface area contributed by atoms with Crippen LogP contribution in [-0.2, 0) is 0 Å². The Morgan fingerprint density at radius 3 is 2.87 bits per heavy atom. The minimum atomic E-state index is -0.0465. The van der Waals surface area contributed by atoms with Gasteiger partial charge in [-0.05, 0) is 54.9 Å². The Balaban J connectivity index is 2.10. The lowest BCUT2D eigenvalue weighted by Crippen LogP contribution is -2.43. The Morgan fingerprint density at radius 2 is 2.20 bits per heavy atom. The number of nitrogens with zero attached hydrogens (tertiary/aromatic N) is 1. The van der Waals surface area contributed by atoms with Crippen LogP contribution in [0.3, 0.4) is 0 Å². The zero-order valence-electron chi connectivity index (χ0n) is 8.79. The number of nitrogens with one attached hydrogen (secondary N) is 1. The van der Waals surface area contributed by atoms with Gasteiger partial charge in [0.25, 0.3) is 0 Å². The van der Waals surface area contributed by atoms with Gasteiger partial charge in [-0.2, -0.15) is 0 Å². The predicted octanol–water partition coefficient (Wildman–Crippen LogP) is 2.37. The summed E-state index contributed by atoms with van der Waals surface area (Å²) in [5, 5.41) is 3.34. The summed E-state index contributed by atoms with van der Waals surface area (Å²) < 4.78 is 6.97. The highest BCUT2D eigenvalue weighted by molar-refractivity contribution is 9.10. The smallest absolute Gasteiger partial charge is 0.137 e. The molecule has 0 radical (unpaired) electrons. The lowest BCUT2D eigenvalue weighted by Gasteiger charge is -2.34. The highest BCUT2D eigenvalue weighted by Crippen LogP contribution is 2.30. The summed E-state index contributed by atoms with van der Waals surface area (Å²) in [6, 6.07) is 1.90. The Kier molecular flexibility index (Phi) is 3.26. The maximum atomic E-state index is 6.05. The van der Waals surface area contributed by atoms with Crippen LogP contribution in [0.1, 0.15) is 19.8 Å². The fraction of sp³-hybridized carbons (Fsp3) is 0.545. The van der Waals surface area contributed by atoms with E-state index in [0.29, 0.717) is 0 Å². The summed E-state index contributed by atoms with van der Waals surface area (Å²) >= 11 is 3.44. The topological polar surface area (TPSA) is 34.1 Å². The van der Waals surface area contributed by atoms with Crippen LogP contribution in [0, 0.1) is 0 Å². The average Bonchev–Trinajstić information content (AvgIpc) is 2.22. The van der Waals surface area contributed by atoms with Crippen LogP contribution in [0.4, 0.5) is 0 Å². The number of ether oxygens (including phenoxy) is 1. The van der Waals surface area contributed by atoms with Crippen LogP contribution in [0.5, 0.6) is 5.75 Å². The molecule has 0 aromatic carbocycles. The molecular formula is C11H15BrN2O. The molecule has 1 aliphatic heterocycles. The lowest BCUT2D eigenvalue weighted by atomic mass is 9.94. The minimum absolute atomic E-state index is 0.0465. The molecule has 1 aromatic rings. The first kappa shape index (κ1) is 10.9. The molecule has 82 valence electrons. The Hall–Kier alpha value is -0.610. The van der Waals surface area contributed by atoms with E-state index < -0.39 is 0 Å². The monoisotopic (exact) mass is 270 g/mol. The third-order valence-electron chi connectivity index (χ3n) is 2.75. The molecule has 0 amide bonds. The second-order valence-electron chi connectivity index (χ2n) is 4.11. The van der Waals surface area contributed by atoms with Crippen LogP contribution in [0.15, 0.2) is 22.9 Å².